The first kappa shape index (κ1) is 21.9. The van der Waals surface area contributed by atoms with Crippen molar-refractivity contribution >= 4 is 38.2 Å². The lowest BCUT2D eigenvalue weighted by Crippen LogP contribution is -2.31. The maximum absolute atomic E-state index is 13.5. The van der Waals surface area contributed by atoms with Crippen LogP contribution in [-0.2, 0) is 16.4 Å². The minimum Gasteiger partial charge on any atom is -0.384 e. The molecule has 0 atom stereocenters. The number of nitrogens with zero attached hydrogens (tertiary/aromatic N) is 4. The molecule has 2 heterocycles. The van der Waals surface area contributed by atoms with Crippen LogP contribution >= 0.6 is 0 Å². The van der Waals surface area contributed by atoms with Crippen LogP contribution in [0.1, 0.15) is 21.5 Å². The van der Waals surface area contributed by atoms with Crippen LogP contribution in [0.15, 0.2) is 78.0 Å². The van der Waals surface area contributed by atoms with Crippen LogP contribution in [0.4, 0.5) is 11.5 Å². The number of aromatic nitrogens is 2. The summed E-state index contributed by atoms with van der Waals surface area (Å²) in [5, 5.41) is 10.1. The molecule has 8 nitrogen and oxygen atoms in total. The van der Waals surface area contributed by atoms with Gasteiger partial charge in [-0.2, -0.15) is 5.26 Å². The molecule has 0 unspecified atom stereocenters. The van der Waals surface area contributed by atoms with Crippen LogP contribution in [0.5, 0.6) is 0 Å². The van der Waals surface area contributed by atoms with Gasteiger partial charge in [0.25, 0.3) is 5.91 Å². The van der Waals surface area contributed by atoms with Gasteiger partial charge in [-0.1, -0.05) is 12.1 Å². The van der Waals surface area contributed by atoms with Gasteiger partial charge in [-0.3, -0.25) is 9.78 Å². The molecule has 164 valence electrons. The maximum Gasteiger partial charge on any atom is 0.260 e. The summed E-state index contributed by atoms with van der Waals surface area (Å²) in [4.78, 5) is 23.1. The molecular formula is C24H19N5O3S. The number of nitrogens with two attached hydrogens (primary N) is 1. The number of anilines is 2. The second kappa shape index (κ2) is 8.68. The molecule has 0 bridgehead atoms. The zero-order valence-corrected chi connectivity index (χ0v) is 18.5. The second-order valence-corrected chi connectivity index (χ2v) is 9.45. The summed E-state index contributed by atoms with van der Waals surface area (Å²) < 4.78 is 25.1. The van der Waals surface area contributed by atoms with E-state index in [-0.39, 0.29) is 22.7 Å². The van der Waals surface area contributed by atoms with E-state index in [2.05, 4.69) is 9.97 Å². The van der Waals surface area contributed by atoms with Crippen molar-refractivity contribution in [2.75, 3.05) is 16.9 Å². The predicted octanol–water partition coefficient (Wildman–Crippen LogP) is 3.33. The average molecular weight is 458 g/mol. The maximum atomic E-state index is 13.5. The van der Waals surface area contributed by atoms with Crippen molar-refractivity contribution in [2.24, 2.45) is 0 Å². The Morgan fingerprint density at radius 3 is 2.61 bits per heavy atom. The van der Waals surface area contributed by atoms with Crippen LogP contribution in [0.3, 0.4) is 0 Å². The molecule has 0 saturated carbocycles. The highest BCUT2D eigenvalue weighted by molar-refractivity contribution is 7.90. The predicted molar refractivity (Wildman–Crippen MR) is 125 cm³/mol. The normalized spacial score (nSPS) is 11.2. The molecule has 0 saturated heterocycles. The highest BCUT2D eigenvalue weighted by atomic mass is 32.2. The SMILES string of the molecule is CS(=O)(=O)c1cc(C#N)ccc1N(Cc1ccc2ccc(N)nc2c1)C(=O)c1cccnc1. The first-order valence-electron chi connectivity index (χ1n) is 9.87. The van der Waals surface area contributed by atoms with Gasteiger partial charge in [-0.05, 0) is 54.1 Å². The Labute approximate surface area is 190 Å². The number of carbonyl (C=O) groups excluding carboxylic acids is 1. The third kappa shape index (κ3) is 4.66. The van der Waals surface area contributed by atoms with Crippen LogP contribution in [0, 0.1) is 11.3 Å². The molecule has 2 N–H and O–H groups in total. The van der Waals surface area contributed by atoms with E-state index in [4.69, 9.17) is 5.73 Å². The van der Waals surface area contributed by atoms with E-state index in [1.54, 1.807) is 30.5 Å². The van der Waals surface area contributed by atoms with E-state index >= 15 is 0 Å². The molecule has 0 aliphatic heterocycles. The van der Waals surface area contributed by atoms with Gasteiger partial charge >= 0.3 is 0 Å². The van der Waals surface area contributed by atoms with Crippen molar-refractivity contribution < 1.29 is 13.2 Å². The number of fused-ring (bicyclic) bond motifs is 1. The number of amides is 1. The largest absolute Gasteiger partial charge is 0.384 e. The summed E-state index contributed by atoms with van der Waals surface area (Å²) in [6.07, 6.45) is 4.01. The molecule has 9 heteroatoms. The van der Waals surface area contributed by atoms with Gasteiger partial charge in [0.15, 0.2) is 9.84 Å². The van der Waals surface area contributed by atoms with E-state index in [0.29, 0.717) is 16.9 Å². The van der Waals surface area contributed by atoms with Crippen LogP contribution in [0.25, 0.3) is 10.9 Å². The topological polar surface area (TPSA) is 130 Å². The molecule has 2 aromatic carbocycles. The highest BCUT2D eigenvalue weighted by Crippen LogP contribution is 2.30. The molecule has 1 amide bonds. The Bertz CT molecular complexity index is 1510. The molecule has 0 aliphatic rings. The smallest absolute Gasteiger partial charge is 0.260 e. The Morgan fingerprint density at radius 1 is 1.12 bits per heavy atom. The highest BCUT2D eigenvalue weighted by Gasteiger charge is 2.25. The van der Waals surface area contributed by atoms with Crippen LogP contribution in [0.2, 0.25) is 0 Å². The average Bonchev–Trinajstić information content (AvgIpc) is 2.81. The van der Waals surface area contributed by atoms with Crippen LogP contribution < -0.4 is 10.6 Å². The van der Waals surface area contributed by atoms with Crippen molar-refractivity contribution in [3.8, 4) is 6.07 Å². The van der Waals surface area contributed by atoms with Gasteiger partial charge in [0, 0.05) is 24.0 Å². The minimum absolute atomic E-state index is 0.0641. The summed E-state index contributed by atoms with van der Waals surface area (Å²) in [7, 11) is -3.75. The Balaban J connectivity index is 1.87. The van der Waals surface area contributed by atoms with E-state index < -0.39 is 15.7 Å². The summed E-state index contributed by atoms with van der Waals surface area (Å²) in [5.41, 5.74) is 7.84. The number of rotatable bonds is 5. The molecule has 2 aromatic heterocycles. The standard InChI is InChI=1S/C24H19N5O3S/c1-33(31,32)22-12-16(13-25)5-8-21(22)29(24(30)19-3-2-10-27-14-19)15-17-4-6-18-7-9-23(26)28-20(18)11-17/h2-12,14H,15H2,1H3,(H2,26,28). The first-order valence-corrected chi connectivity index (χ1v) is 11.8. The first-order chi connectivity index (χ1) is 15.8. The molecule has 4 aromatic rings. The van der Waals surface area contributed by atoms with Gasteiger partial charge in [-0.25, -0.2) is 13.4 Å². The van der Waals surface area contributed by atoms with Crippen molar-refractivity contribution in [3.63, 3.8) is 0 Å². The number of carbonyl (C=O) groups is 1. The van der Waals surface area contributed by atoms with Crippen LogP contribution in [-0.4, -0.2) is 30.5 Å². The number of hydrogen-bond acceptors (Lipinski definition) is 7. The molecule has 0 radical (unpaired) electrons. The summed E-state index contributed by atoms with van der Waals surface area (Å²) >= 11 is 0. The molecule has 0 fully saturated rings. The van der Waals surface area contributed by atoms with E-state index in [9.17, 15) is 18.5 Å². The van der Waals surface area contributed by atoms with Crippen molar-refractivity contribution in [2.45, 2.75) is 11.4 Å². The quantitative estimate of drug-likeness (QED) is 0.486. The Kier molecular flexibility index (Phi) is 5.77. The molecule has 33 heavy (non-hydrogen) atoms. The van der Waals surface area contributed by atoms with Crippen molar-refractivity contribution in [1.82, 2.24) is 9.97 Å². The number of nitriles is 1. The number of sulfone groups is 1. The third-order valence-corrected chi connectivity index (χ3v) is 6.18. The van der Waals surface area contributed by atoms with Gasteiger partial charge in [-0.15, -0.1) is 0 Å². The summed E-state index contributed by atoms with van der Waals surface area (Å²) in [6, 6.07) is 18.5. The summed E-state index contributed by atoms with van der Waals surface area (Å²) in [5.74, 6) is -0.0623. The molecule has 0 aliphatic carbocycles. The van der Waals surface area contributed by atoms with Gasteiger partial charge < -0.3 is 10.6 Å². The lowest BCUT2D eigenvalue weighted by Gasteiger charge is -2.25. The fourth-order valence-electron chi connectivity index (χ4n) is 3.47. The minimum atomic E-state index is -3.75. The van der Waals surface area contributed by atoms with E-state index in [1.807, 2.05) is 24.3 Å². The lowest BCUT2D eigenvalue weighted by atomic mass is 10.1. The second-order valence-electron chi connectivity index (χ2n) is 7.46. The zero-order valence-electron chi connectivity index (χ0n) is 17.6. The molecular weight excluding hydrogens is 438 g/mol. The fraction of sp³-hybridized carbons (Fsp3) is 0.0833. The van der Waals surface area contributed by atoms with Gasteiger partial charge in [0.2, 0.25) is 0 Å². The third-order valence-electron chi connectivity index (χ3n) is 5.05. The van der Waals surface area contributed by atoms with E-state index in [1.165, 1.54) is 29.3 Å². The number of hydrogen-bond donors (Lipinski definition) is 1. The molecule has 4 rings (SSSR count). The fourth-order valence-corrected chi connectivity index (χ4v) is 4.37. The van der Waals surface area contributed by atoms with Crippen molar-refractivity contribution in [1.29, 1.82) is 5.26 Å². The Hall–Kier alpha value is -4.29. The van der Waals surface area contributed by atoms with Crippen molar-refractivity contribution in [3.05, 3.63) is 89.7 Å². The number of nitrogen functional groups attached to an aromatic ring is 1. The van der Waals surface area contributed by atoms with E-state index in [0.717, 1.165) is 17.2 Å². The number of pyridine rings is 2. The Morgan fingerprint density at radius 2 is 1.91 bits per heavy atom. The van der Waals surface area contributed by atoms with Gasteiger partial charge in [0.1, 0.15) is 5.82 Å². The monoisotopic (exact) mass is 457 g/mol. The zero-order chi connectivity index (χ0) is 23.6. The molecule has 0 spiro atoms. The van der Waals surface area contributed by atoms with Gasteiger partial charge in [0.05, 0.1) is 39.8 Å². The number of benzene rings is 2. The lowest BCUT2D eigenvalue weighted by molar-refractivity contribution is 0.0984. The summed E-state index contributed by atoms with van der Waals surface area (Å²) in [6.45, 7) is 0.0641.